The highest BCUT2D eigenvalue weighted by atomic mass is 79.9. The van der Waals surface area contributed by atoms with Gasteiger partial charge in [0.15, 0.2) is 0 Å². The third-order valence-electron chi connectivity index (χ3n) is 4.25. The van der Waals surface area contributed by atoms with Crippen molar-refractivity contribution in [2.45, 2.75) is 0 Å². The number of carbonyl (C=O) groups excluding carboxylic acids is 2. The van der Waals surface area contributed by atoms with Crippen molar-refractivity contribution in [1.82, 2.24) is 0 Å². The third kappa shape index (κ3) is 3.97. The van der Waals surface area contributed by atoms with Crippen molar-refractivity contribution < 1.29 is 14.0 Å². The average Bonchev–Trinajstić information content (AvgIpc) is 3.31. The Labute approximate surface area is 184 Å². The molecule has 2 aromatic carbocycles. The molecule has 29 heavy (non-hydrogen) atoms. The van der Waals surface area contributed by atoms with Gasteiger partial charge in [0.1, 0.15) is 11.3 Å². The summed E-state index contributed by atoms with van der Waals surface area (Å²) in [6.45, 7) is 0. The molecule has 0 spiro atoms. The molecule has 0 aliphatic carbocycles. The predicted octanol–water partition coefficient (Wildman–Crippen LogP) is 5.74. The fourth-order valence-electron chi connectivity index (χ4n) is 2.90. The molecule has 5 nitrogen and oxygen atoms in total. The van der Waals surface area contributed by atoms with Gasteiger partial charge in [-0.2, -0.15) is 0 Å². The van der Waals surface area contributed by atoms with Gasteiger partial charge >= 0.3 is 0 Å². The zero-order chi connectivity index (χ0) is 20.4. The largest absolute Gasteiger partial charge is 0.465 e. The van der Waals surface area contributed by atoms with E-state index < -0.39 is 11.8 Å². The molecule has 0 radical (unpaired) electrons. The Balaban J connectivity index is 1.75. The van der Waals surface area contributed by atoms with Crippen LogP contribution in [0, 0.1) is 0 Å². The number of hydrogen-bond acceptors (Lipinski definition) is 3. The third-order valence-corrected chi connectivity index (χ3v) is 5.31. The second-order valence-corrected chi connectivity index (χ2v) is 7.97. The van der Waals surface area contributed by atoms with E-state index >= 15 is 0 Å². The molecule has 0 saturated carbocycles. The fraction of sp³-hybridized carbons (Fsp3) is 0. The zero-order valence-electron chi connectivity index (χ0n) is 15.0. The second kappa shape index (κ2) is 8.23. The number of halogens is 2. The lowest BCUT2D eigenvalue weighted by molar-refractivity contribution is -0.116. The smallest absolute Gasteiger partial charge is 0.283 e. The Hall–Kier alpha value is -2.90. The maximum Gasteiger partial charge on any atom is 0.283 e. The number of rotatable bonds is 4. The van der Waals surface area contributed by atoms with E-state index in [2.05, 4.69) is 31.9 Å². The van der Waals surface area contributed by atoms with Crippen molar-refractivity contribution in [2.24, 2.45) is 0 Å². The maximum absolute atomic E-state index is 13.2. The van der Waals surface area contributed by atoms with Gasteiger partial charge in [0.05, 0.1) is 17.6 Å². The molecule has 0 unspecified atom stereocenters. The number of nitrogens with zero attached hydrogens (tertiary/aromatic N) is 2. The molecular formula is C22H14Br2N2O3. The highest BCUT2D eigenvalue weighted by Gasteiger charge is 2.42. The highest BCUT2D eigenvalue weighted by Crippen LogP contribution is 2.33. The van der Waals surface area contributed by atoms with Crippen LogP contribution in [0.1, 0.15) is 5.76 Å². The zero-order valence-corrected chi connectivity index (χ0v) is 18.1. The molecule has 1 aliphatic rings. The van der Waals surface area contributed by atoms with Gasteiger partial charge in [-0.15, -0.1) is 0 Å². The summed E-state index contributed by atoms with van der Waals surface area (Å²) in [5, 5.41) is 2.76. The van der Waals surface area contributed by atoms with Crippen molar-refractivity contribution in [2.75, 3.05) is 10.0 Å². The summed E-state index contributed by atoms with van der Waals surface area (Å²) < 4.78 is 7.00. The van der Waals surface area contributed by atoms with Gasteiger partial charge in [-0.1, -0.05) is 37.9 Å². The minimum Gasteiger partial charge on any atom is -0.465 e. The van der Waals surface area contributed by atoms with E-state index in [0.717, 1.165) is 8.95 Å². The molecule has 3 aromatic rings. The molecule has 1 saturated heterocycles. The van der Waals surface area contributed by atoms with Crippen LogP contribution in [0.25, 0.3) is 6.08 Å². The van der Waals surface area contributed by atoms with Gasteiger partial charge in [0, 0.05) is 8.95 Å². The van der Waals surface area contributed by atoms with Crippen molar-refractivity contribution in [3.63, 3.8) is 0 Å². The molecule has 0 atom stereocenters. The molecule has 0 N–H and O–H groups in total. The summed E-state index contributed by atoms with van der Waals surface area (Å²) in [6.07, 6.45) is 6.40. The molecular weight excluding hydrogens is 500 g/mol. The fourth-order valence-corrected chi connectivity index (χ4v) is 3.43. The number of allylic oxidation sites excluding steroid dienone is 2. The molecule has 1 aliphatic heterocycles. The Morgan fingerprint density at radius 3 is 1.72 bits per heavy atom. The van der Waals surface area contributed by atoms with E-state index in [1.54, 1.807) is 54.8 Å². The Kier molecular flexibility index (Phi) is 5.51. The number of carbonyl (C=O) groups is 2. The van der Waals surface area contributed by atoms with Crippen LogP contribution >= 0.6 is 31.9 Å². The van der Waals surface area contributed by atoms with E-state index in [1.807, 2.05) is 24.3 Å². The highest BCUT2D eigenvalue weighted by molar-refractivity contribution is 9.10. The van der Waals surface area contributed by atoms with Gasteiger partial charge in [-0.25, -0.2) is 10.0 Å². The van der Waals surface area contributed by atoms with Gasteiger partial charge in [0.25, 0.3) is 11.8 Å². The van der Waals surface area contributed by atoms with Crippen LogP contribution in [0.5, 0.6) is 0 Å². The summed E-state index contributed by atoms with van der Waals surface area (Å²) in [5.41, 5.74) is 1.25. The Morgan fingerprint density at radius 2 is 1.28 bits per heavy atom. The van der Waals surface area contributed by atoms with Crippen molar-refractivity contribution >= 4 is 61.1 Å². The molecule has 2 heterocycles. The number of furan rings is 1. The van der Waals surface area contributed by atoms with E-state index in [4.69, 9.17) is 4.42 Å². The summed E-state index contributed by atoms with van der Waals surface area (Å²) in [4.78, 5) is 26.3. The van der Waals surface area contributed by atoms with Crippen molar-refractivity contribution in [3.05, 3.63) is 99.4 Å². The van der Waals surface area contributed by atoms with E-state index in [9.17, 15) is 9.59 Å². The number of anilines is 2. The van der Waals surface area contributed by atoms with Gasteiger partial charge in [-0.3, -0.25) is 9.59 Å². The molecule has 0 bridgehead atoms. The summed E-state index contributed by atoms with van der Waals surface area (Å²) in [5.74, 6) is -0.164. The first-order chi connectivity index (χ1) is 14.0. The molecule has 144 valence electrons. The Bertz CT molecular complexity index is 1040. The van der Waals surface area contributed by atoms with E-state index in [1.165, 1.54) is 16.1 Å². The maximum atomic E-state index is 13.2. The average molecular weight is 514 g/mol. The lowest BCUT2D eigenvalue weighted by Crippen LogP contribution is -2.41. The number of benzene rings is 2. The topological polar surface area (TPSA) is 53.8 Å². The number of amides is 2. The van der Waals surface area contributed by atoms with Crippen molar-refractivity contribution in [3.8, 4) is 0 Å². The first-order valence-electron chi connectivity index (χ1n) is 8.66. The van der Waals surface area contributed by atoms with Crippen LogP contribution in [-0.2, 0) is 9.59 Å². The molecule has 1 aromatic heterocycles. The minimum atomic E-state index is -0.399. The normalized spacial score (nSPS) is 14.3. The summed E-state index contributed by atoms with van der Waals surface area (Å²) in [6, 6.07) is 18.0. The van der Waals surface area contributed by atoms with Crippen LogP contribution < -0.4 is 10.0 Å². The first-order valence-corrected chi connectivity index (χ1v) is 10.2. The van der Waals surface area contributed by atoms with Crippen LogP contribution in [-0.4, -0.2) is 11.8 Å². The van der Waals surface area contributed by atoms with Gasteiger partial charge < -0.3 is 4.42 Å². The van der Waals surface area contributed by atoms with Gasteiger partial charge in [-0.05, 0) is 72.8 Å². The number of hydrazine groups is 1. The summed E-state index contributed by atoms with van der Waals surface area (Å²) >= 11 is 6.79. The second-order valence-electron chi connectivity index (χ2n) is 6.14. The van der Waals surface area contributed by atoms with Gasteiger partial charge in [0.2, 0.25) is 0 Å². The Morgan fingerprint density at radius 1 is 0.759 bits per heavy atom. The molecule has 4 rings (SSSR count). The SMILES string of the molecule is O=C1C(=C/C=C/c2ccco2)C(=O)N(c2ccc(Br)cc2)N1c1ccc(Br)cc1. The molecule has 2 amide bonds. The lowest BCUT2D eigenvalue weighted by atomic mass is 10.2. The van der Waals surface area contributed by atoms with E-state index in [0.29, 0.717) is 17.1 Å². The lowest BCUT2D eigenvalue weighted by Gasteiger charge is -2.27. The van der Waals surface area contributed by atoms with Crippen molar-refractivity contribution in [1.29, 1.82) is 0 Å². The van der Waals surface area contributed by atoms with Crippen LogP contribution in [0.15, 0.2) is 98.0 Å². The standard InChI is InChI=1S/C22H14Br2N2O3/c23-15-6-10-17(11-7-15)25-21(27)20(5-1-3-19-4-2-14-29-19)22(28)26(25)18-12-8-16(24)9-13-18/h1-14H/b3-1+. The molecule has 1 fully saturated rings. The van der Waals surface area contributed by atoms with Crippen LogP contribution in [0.4, 0.5) is 11.4 Å². The first kappa shape index (κ1) is 19.4. The minimum absolute atomic E-state index is 0.0682. The predicted molar refractivity (Wildman–Crippen MR) is 119 cm³/mol. The number of hydrogen-bond donors (Lipinski definition) is 0. The van der Waals surface area contributed by atoms with E-state index in [-0.39, 0.29) is 5.57 Å². The quantitative estimate of drug-likeness (QED) is 0.330. The monoisotopic (exact) mass is 512 g/mol. The van der Waals surface area contributed by atoms with Crippen LogP contribution in [0.3, 0.4) is 0 Å². The van der Waals surface area contributed by atoms with Crippen LogP contribution in [0.2, 0.25) is 0 Å². The summed E-state index contributed by atoms with van der Waals surface area (Å²) in [7, 11) is 0. The molecule has 7 heteroatoms.